The van der Waals surface area contributed by atoms with Gasteiger partial charge in [0.2, 0.25) is 5.91 Å². The summed E-state index contributed by atoms with van der Waals surface area (Å²) in [5, 5.41) is 54.2. The number of aliphatic hydroxyl groups excluding tert-OH is 5. The molecule has 0 aromatic carbocycles. The molecule has 1 saturated heterocycles. The van der Waals surface area contributed by atoms with Crippen LogP contribution in [0.5, 0.6) is 0 Å². The molecule has 7 atom stereocenters. The Morgan fingerprint density at radius 2 is 1.03 bits per heavy atom. The van der Waals surface area contributed by atoms with Gasteiger partial charge in [0.25, 0.3) is 0 Å². The molecule has 0 bridgehead atoms. The minimum absolute atomic E-state index is 0.202. The molecule has 1 rings (SSSR count). The monoisotopic (exact) mass is 818 g/mol. The van der Waals surface area contributed by atoms with Crippen LogP contribution in [0.3, 0.4) is 0 Å². The molecule has 1 heterocycles. The van der Waals surface area contributed by atoms with Gasteiger partial charge in [-0.3, -0.25) is 4.79 Å². The minimum atomic E-state index is -1.58. The van der Waals surface area contributed by atoms with Crippen LogP contribution in [-0.2, 0) is 14.3 Å². The topological polar surface area (TPSA) is 149 Å². The van der Waals surface area contributed by atoms with Crippen LogP contribution in [0.25, 0.3) is 0 Å². The number of unbranched alkanes of at least 4 members (excludes halogenated alkanes) is 20. The number of carbonyl (C=O) groups is 1. The lowest BCUT2D eigenvalue weighted by atomic mass is 9.99. The summed E-state index contributed by atoms with van der Waals surface area (Å²) in [7, 11) is 0. The Morgan fingerprint density at radius 1 is 0.586 bits per heavy atom. The fourth-order valence-corrected chi connectivity index (χ4v) is 6.98. The van der Waals surface area contributed by atoms with E-state index >= 15 is 0 Å². The zero-order valence-corrected chi connectivity index (χ0v) is 36.8. The van der Waals surface area contributed by atoms with Crippen molar-refractivity contribution < 1.29 is 39.8 Å². The maximum atomic E-state index is 13.0. The molecule has 0 saturated carbocycles. The highest BCUT2D eigenvalue weighted by Crippen LogP contribution is 2.22. The van der Waals surface area contributed by atoms with E-state index in [1.807, 2.05) is 6.08 Å². The highest BCUT2D eigenvalue weighted by molar-refractivity contribution is 5.76. The number of carbonyl (C=O) groups excluding carboxylic acids is 1. The molecule has 0 spiro atoms. The third-order valence-electron chi connectivity index (χ3n) is 10.8. The van der Waals surface area contributed by atoms with Gasteiger partial charge in [-0.25, -0.2) is 0 Å². The second-order valence-electron chi connectivity index (χ2n) is 16.2. The van der Waals surface area contributed by atoms with E-state index in [9.17, 15) is 30.3 Å². The Kier molecular flexibility index (Phi) is 36.3. The molecule has 0 aromatic heterocycles. The van der Waals surface area contributed by atoms with E-state index in [0.717, 1.165) is 70.6 Å². The largest absolute Gasteiger partial charge is 0.394 e. The Labute approximate surface area is 354 Å². The van der Waals surface area contributed by atoms with Gasteiger partial charge >= 0.3 is 0 Å². The number of aliphatic hydroxyl groups is 5. The van der Waals surface area contributed by atoms with E-state index < -0.39 is 49.5 Å². The summed E-state index contributed by atoms with van der Waals surface area (Å²) < 4.78 is 11.2. The lowest BCUT2D eigenvalue weighted by Gasteiger charge is -2.40. The zero-order valence-electron chi connectivity index (χ0n) is 36.8. The first-order valence-corrected chi connectivity index (χ1v) is 23.5. The molecule has 0 radical (unpaired) electrons. The van der Waals surface area contributed by atoms with Gasteiger partial charge in [-0.1, -0.05) is 164 Å². The molecule has 9 heteroatoms. The van der Waals surface area contributed by atoms with Gasteiger partial charge in [0.05, 0.1) is 25.4 Å². The quantitative estimate of drug-likeness (QED) is 0.0267. The molecule has 0 aliphatic carbocycles. The lowest BCUT2D eigenvalue weighted by Crippen LogP contribution is -2.60. The molecular weight excluding hydrogens is 731 g/mol. The van der Waals surface area contributed by atoms with Crippen molar-refractivity contribution in [2.24, 2.45) is 0 Å². The Balaban J connectivity index is 2.40. The fraction of sp³-hybridized carbons (Fsp3) is 0.776. The summed E-state index contributed by atoms with van der Waals surface area (Å²) >= 11 is 0. The summed E-state index contributed by atoms with van der Waals surface area (Å²) in [6, 6.07) is -0.833. The highest BCUT2D eigenvalue weighted by atomic mass is 16.7. The predicted molar refractivity (Wildman–Crippen MR) is 239 cm³/mol. The van der Waals surface area contributed by atoms with Crippen molar-refractivity contribution in [1.29, 1.82) is 0 Å². The summed E-state index contributed by atoms with van der Waals surface area (Å²) in [4.78, 5) is 13.0. The number of ether oxygens (including phenoxy) is 2. The number of rotatable bonds is 38. The van der Waals surface area contributed by atoms with Crippen LogP contribution in [0, 0.1) is 0 Å². The number of allylic oxidation sites excluding steroid dienone is 9. The summed E-state index contributed by atoms with van der Waals surface area (Å²) in [5.41, 5.74) is 0. The molecule has 9 nitrogen and oxygen atoms in total. The SMILES string of the molecule is CCCCCC/C=C\C/C=C\CCCCCCCCCC(=O)NC(COC1OC(CO)C(O)C(O)C1O)C(O)/C=C/CC/C=C/CC/C=C/CCCCCCCCC. The predicted octanol–water partition coefficient (Wildman–Crippen LogP) is 10.0. The molecule has 7 unspecified atom stereocenters. The van der Waals surface area contributed by atoms with Gasteiger partial charge in [-0.15, -0.1) is 0 Å². The molecule has 1 aliphatic heterocycles. The summed E-state index contributed by atoms with van der Waals surface area (Å²) in [5.74, 6) is -0.202. The van der Waals surface area contributed by atoms with Crippen molar-refractivity contribution in [2.75, 3.05) is 13.2 Å². The van der Waals surface area contributed by atoms with E-state index in [1.165, 1.54) is 96.3 Å². The average Bonchev–Trinajstić information content (AvgIpc) is 3.22. The third kappa shape index (κ3) is 29.2. The zero-order chi connectivity index (χ0) is 42.3. The maximum Gasteiger partial charge on any atom is 0.220 e. The lowest BCUT2D eigenvalue weighted by molar-refractivity contribution is -0.302. The van der Waals surface area contributed by atoms with E-state index in [4.69, 9.17) is 9.47 Å². The first kappa shape index (κ1) is 53.9. The molecule has 336 valence electrons. The first-order chi connectivity index (χ1) is 28.3. The highest BCUT2D eigenvalue weighted by Gasteiger charge is 2.44. The van der Waals surface area contributed by atoms with E-state index in [-0.39, 0.29) is 12.5 Å². The van der Waals surface area contributed by atoms with Gasteiger partial charge in [-0.05, 0) is 77.0 Å². The van der Waals surface area contributed by atoms with Crippen LogP contribution < -0.4 is 5.32 Å². The van der Waals surface area contributed by atoms with Crippen LogP contribution in [0.1, 0.15) is 187 Å². The normalized spacial score (nSPS) is 21.4. The molecule has 1 amide bonds. The van der Waals surface area contributed by atoms with Gasteiger partial charge in [0.15, 0.2) is 6.29 Å². The van der Waals surface area contributed by atoms with Crippen molar-refractivity contribution in [3.63, 3.8) is 0 Å². The smallest absolute Gasteiger partial charge is 0.220 e. The molecular formula is C49H87NO8. The van der Waals surface area contributed by atoms with Gasteiger partial charge in [0, 0.05) is 6.42 Å². The number of hydrogen-bond acceptors (Lipinski definition) is 8. The fourth-order valence-electron chi connectivity index (χ4n) is 6.98. The summed E-state index contributed by atoms with van der Waals surface area (Å²) in [6.45, 7) is 3.71. The second kappa shape index (κ2) is 39.1. The first-order valence-electron chi connectivity index (χ1n) is 23.5. The Morgan fingerprint density at radius 3 is 1.57 bits per heavy atom. The van der Waals surface area contributed by atoms with Crippen molar-refractivity contribution in [2.45, 2.75) is 230 Å². The number of hydrogen-bond donors (Lipinski definition) is 6. The standard InChI is InChI=1S/C49H87NO8/c1-3-5-7-9-11-13-15-17-19-21-23-25-27-29-31-33-35-37-39-45(53)50-42(41-57-49-48(56)47(55)46(54)44(40-51)58-49)43(52)38-36-34-32-30-28-26-24-22-20-18-16-14-12-10-8-6-4-2/h13,15,19-22,28,30,36,38,42-44,46-49,51-52,54-56H,3-12,14,16-18,23-27,29,31-35,37,39-41H2,1-2H3,(H,50,53)/b15-13-,21-19-,22-20+,30-28+,38-36+. The molecule has 1 aliphatic rings. The second-order valence-corrected chi connectivity index (χ2v) is 16.2. The number of nitrogens with one attached hydrogen (secondary N) is 1. The van der Waals surface area contributed by atoms with Crippen LogP contribution >= 0.6 is 0 Å². The van der Waals surface area contributed by atoms with Gasteiger partial charge < -0.3 is 40.3 Å². The molecule has 1 fully saturated rings. The maximum absolute atomic E-state index is 13.0. The van der Waals surface area contributed by atoms with Crippen LogP contribution in [0.15, 0.2) is 60.8 Å². The molecule has 0 aromatic rings. The van der Waals surface area contributed by atoms with E-state index in [2.05, 4.69) is 67.8 Å². The Bertz CT molecular complexity index is 1090. The van der Waals surface area contributed by atoms with Crippen molar-refractivity contribution >= 4 is 5.91 Å². The summed E-state index contributed by atoms with van der Waals surface area (Å²) in [6.07, 6.45) is 44.0. The van der Waals surface area contributed by atoms with E-state index in [1.54, 1.807) is 6.08 Å². The van der Waals surface area contributed by atoms with Crippen LogP contribution in [0.4, 0.5) is 0 Å². The van der Waals surface area contributed by atoms with Gasteiger partial charge in [-0.2, -0.15) is 0 Å². The van der Waals surface area contributed by atoms with Crippen LogP contribution in [0.2, 0.25) is 0 Å². The molecule has 6 N–H and O–H groups in total. The van der Waals surface area contributed by atoms with Crippen molar-refractivity contribution in [3.8, 4) is 0 Å². The molecule has 58 heavy (non-hydrogen) atoms. The third-order valence-corrected chi connectivity index (χ3v) is 10.8. The average molecular weight is 818 g/mol. The van der Waals surface area contributed by atoms with E-state index in [0.29, 0.717) is 6.42 Å². The van der Waals surface area contributed by atoms with Crippen molar-refractivity contribution in [3.05, 3.63) is 60.8 Å². The minimum Gasteiger partial charge on any atom is -0.394 e. The Hall–Kier alpha value is -2.11. The van der Waals surface area contributed by atoms with Crippen LogP contribution in [-0.4, -0.2) is 87.5 Å². The van der Waals surface area contributed by atoms with Gasteiger partial charge in [0.1, 0.15) is 24.4 Å². The number of amides is 1. The van der Waals surface area contributed by atoms with Crippen molar-refractivity contribution in [1.82, 2.24) is 5.32 Å².